The molecular formula is C14H10N6S. The summed E-state index contributed by atoms with van der Waals surface area (Å²) in [5.41, 5.74) is 8.49. The molecule has 0 spiro atoms. The van der Waals surface area contributed by atoms with Gasteiger partial charge in [0.2, 0.25) is 4.96 Å². The van der Waals surface area contributed by atoms with E-state index in [4.69, 9.17) is 5.73 Å². The molecule has 0 saturated heterocycles. The van der Waals surface area contributed by atoms with Crippen molar-refractivity contribution in [3.63, 3.8) is 0 Å². The van der Waals surface area contributed by atoms with Crippen LogP contribution < -0.4 is 5.73 Å². The van der Waals surface area contributed by atoms with Gasteiger partial charge >= 0.3 is 0 Å². The Balaban J connectivity index is 1.89. The lowest BCUT2D eigenvalue weighted by Crippen LogP contribution is -1.93. The number of pyridine rings is 1. The molecule has 0 aliphatic heterocycles. The molecule has 0 aliphatic carbocycles. The van der Waals surface area contributed by atoms with Crippen LogP contribution in [-0.2, 0) is 0 Å². The molecule has 0 bridgehead atoms. The number of hydrogen-bond donors (Lipinski definition) is 1. The van der Waals surface area contributed by atoms with Crippen molar-refractivity contribution in [3.05, 3.63) is 48.8 Å². The summed E-state index contributed by atoms with van der Waals surface area (Å²) in [6.45, 7) is 0. The van der Waals surface area contributed by atoms with Crippen molar-refractivity contribution in [3.8, 4) is 22.0 Å². The number of hydrogen-bond acceptors (Lipinski definition) is 6. The molecule has 0 atom stereocenters. The lowest BCUT2D eigenvalue weighted by Gasteiger charge is -1.99. The number of para-hydroxylation sites is 1. The second-order valence-electron chi connectivity index (χ2n) is 4.45. The average Bonchev–Trinajstić information content (AvgIpc) is 3.08. The minimum Gasteiger partial charge on any atom is -0.398 e. The van der Waals surface area contributed by atoms with Crippen LogP contribution in [0.2, 0.25) is 0 Å². The van der Waals surface area contributed by atoms with Gasteiger partial charge in [0.15, 0.2) is 5.82 Å². The molecule has 3 aromatic heterocycles. The van der Waals surface area contributed by atoms with Gasteiger partial charge in [0, 0.05) is 29.2 Å². The van der Waals surface area contributed by atoms with Crippen LogP contribution in [0.25, 0.3) is 26.9 Å². The maximum absolute atomic E-state index is 6.00. The maximum atomic E-state index is 6.00. The molecule has 6 nitrogen and oxygen atoms in total. The Morgan fingerprint density at radius 2 is 1.95 bits per heavy atom. The van der Waals surface area contributed by atoms with Crippen LogP contribution in [0.5, 0.6) is 0 Å². The maximum Gasteiger partial charge on any atom is 0.235 e. The quantitative estimate of drug-likeness (QED) is 0.574. The first-order chi connectivity index (χ1) is 10.3. The normalized spacial score (nSPS) is 11.0. The molecule has 102 valence electrons. The molecule has 0 fully saturated rings. The van der Waals surface area contributed by atoms with E-state index in [-0.39, 0.29) is 0 Å². The van der Waals surface area contributed by atoms with Crippen molar-refractivity contribution in [1.82, 2.24) is 24.8 Å². The zero-order valence-corrected chi connectivity index (χ0v) is 11.7. The highest BCUT2D eigenvalue weighted by molar-refractivity contribution is 7.19. The van der Waals surface area contributed by atoms with Crippen LogP contribution in [0.3, 0.4) is 0 Å². The van der Waals surface area contributed by atoms with E-state index in [9.17, 15) is 0 Å². The van der Waals surface area contributed by atoms with Crippen molar-refractivity contribution >= 4 is 22.0 Å². The molecule has 3 heterocycles. The SMILES string of the molecule is Nc1ccccc1-c1nn2c(-c3cccnc3)nnc2s1. The molecule has 0 unspecified atom stereocenters. The van der Waals surface area contributed by atoms with Gasteiger partial charge in [0.05, 0.1) is 0 Å². The first-order valence-electron chi connectivity index (χ1n) is 6.30. The smallest absolute Gasteiger partial charge is 0.235 e. The lowest BCUT2D eigenvalue weighted by atomic mass is 10.2. The number of nitrogens with zero attached hydrogens (tertiary/aromatic N) is 5. The number of benzene rings is 1. The van der Waals surface area contributed by atoms with Crippen molar-refractivity contribution in [2.45, 2.75) is 0 Å². The number of fused-ring (bicyclic) bond motifs is 1. The zero-order valence-electron chi connectivity index (χ0n) is 10.8. The lowest BCUT2D eigenvalue weighted by molar-refractivity contribution is 0.969. The second-order valence-corrected chi connectivity index (χ2v) is 5.41. The number of anilines is 1. The van der Waals surface area contributed by atoms with Crippen molar-refractivity contribution in [2.75, 3.05) is 5.73 Å². The van der Waals surface area contributed by atoms with Gasteiger partial charge in [0.25, 0.3) is 0 Å². The molecule has 0 saturated carbocycles. The monoisotopic (exact) mass is 294 g/mol. The molecule has 21 heavy (non-hydrogen) atoms. The van der Waals surface area contributed by atoms with Gasteiger partial charge in [0.1, 0.15) is 5.01 Å². The highest BCUT2D eigenvalue weighted by Crippen LogP contribution is 2.30. The van der Waals surface area contributed by atoms with E-state index >= 15 is 0 Å². The third kappa shape index (κ3) is 1.95. The first kappa shape index (κ1) is 12.0. The number of nitrogens with two attached hydrogens (primary N) is 1. The van der Waals surface area contributed by atoms with Gasteiger partial charge in [-0.3, -0.25) is 4.98 Å². The largest absolute Gasteiger partial charge is 0.398 e. The number of nitrogen functional groups attached to an aromatic ring is 1. The third-order valence-corrected chi connectivity index (χ3v) is 4.03. The van der Waals surface area contributed by atoms with Crippen LogP contribution in [0.15, 0.2) is 48.8 Å². The van der Waals surface area contributed by atoms with E-state index in [2.05, 4.69) is 20.3 Å². The van der Waals surface area contributed by atoms with Crippen molar-refractivity contribution in [2.24, 2.45) is 0 Å². The van der Waals surface area contributed by atoms with Crippen LogP contribution in [0, 0.1) is 0 Å². The van der Waals surface area contributed by atoms with Gasteiger partial charge in [-0.25, -0.2) is 0 Å². The Kier molecular flexibility index (Phi) is 2.65. The molecule has 0 radical (unpaired) electrons. The van der Waals surface area contributed by atoms with Gasteiger partial charge < -0.3 is 5.73 Å². The highest BCUT2D eigenvalue weighted by atomic mass is 32.1. The summed E-state index contributed by atoms with van der Waals surface area (Å²) in [6.07, 6.45) is 3.46. The summed E-state index contributed by atoms with van der Waals surface area (Å²) in [7, 11) is 0. The minimum atomic E-state index is 0.676. The van der Waals surface area contributed by atoms with E-state index in [1.165, 1.54) is 11.3 Å². The summed E-state index contributed by atoms with van der Waals surface area (Å²) >= 11 is 1.46. The summed E-state index contributed by atoms with van der Waals surface area (Å²) in [6, 6.07) is 11.4. The fourth-order valence-corrected chi connectivity index (χ4v) is 2.98. The van der Waals surface area contributed by atoms with Crippen LogP contribution in [0.1, 0.15) is 0 Å². The Bertz CT molecular complexity index is 912. The van der Waals surface area contributed by atoms with Gasteiger partial charge in [-0.15, -0.1) is 10.2 Å². The third-order valence-electron chi connectivity index (χ3n) is 3.10. The first-order valence-corrected chi connectivity index (χ1v) is 7.12. The minimum absolute atomic E-state index is 0.676. The number of aromatic nitrogens is 5. The predicted molar refractivity (Wildman–Crippen MR) is 81.7 cm³/mol. The Morgan fingerprint density at radius 1 is 1.05 bits per heavy atom. The molecule has 0 aliphatic rings. The fraction of sp³-hybridized carbons (Fsp3) is 0. The standard InChI is InChI=1S/C14H10N6S/c15-11-6-2-1-5-10(11)13-19-20-12(17-18-14(20)21-13)9-4-3-7-16-8-9/h1-8H,15H2. The summed E-state index contributed by atoms with van der Waals surface area (Å²) in [5, 5.41) is 13.7. The zero-order chi connectivity index (χ0) is 14.2. The van der Waals surface area contributed by atoms with E-state index in [0.717, 1.165) is 21.1 Å². The average molecular weight is 294 g/mol. The Labute approximate surface area is 123 Å². The molecular weight excluding hydrogens is 284 g/mol. The summed E-state index contributed by atoms with van der Waals surface area (Å²) < 4.78 is 1.73. The van der Waals surface area contributed by atoms with Crippen LogP contribution in [-0.4, -0.2) is 24.8 Å². The summed E-state index contributed by atoms with van der Waals surface area (Å²) in [4.78, 5) is 4.83. The molecule has 0 amide bonds. The molecule has 7 heteroatoms. The van der Waals surface area contributed by atoms with E-state index < -0.39 is 0 Å². The topological polar surface area (TPSA) is 82.0 Å². The van der Waals surface area contributed by atoms with Crippen LogP contribution in [0.4, 0.5) is 5.69 Å². The van der Waals surface area contributed by atoms with Crippen LogP contribution >= 0.6 is 11.3 Å². The Morgan fingerprint density at radius 3 is 2.76 bits per heavy atom. The predicted octanol–water partition coefficient (Wildman–Crippen LogP) is 2.50. The van der Waals surface area contributed by atoms with Crippen molar-refractivity contribution in [1.29, 1.82) is 0 Å². The molecule has 1 aromatic carbocycles. The van der Waals surface area contributed by atoms with Gasteiger partial charge in [-0.05, 0) is 24.3 Å². The van der Waals surface area contributed by atoms with Gasteiger partial charge in [-0.1, -0.05) is 23.5 Å². The van der Waals surface area contributed by atoms with E-state index in [1.807, 2.05) is 36.4 Å². The van der Waals surface area contributed by atoms with E-state index in [1.54, 1.807) is 16.9 Å². The Hall–Kier alpha value is -2.80. The second kappa shape index (κ2) is 4.64. The van der Waals surface area contributed by atoms with Gasteiger partial charge in [-0.2, -0.15) is 9.61 Å². The molecule has 4 aromatic rings. The fourth-order valence-electron chi connectivity index (χ4n) is 2.09. The summed E-state index contributed by atoms with van der Waals surface area (Å²) in [5.74, 6) is 0.676. The number of rotatable bonds is 2. The molecule has 4 rings (SSSR count). The molecule has 2 N–H and O–H groups in total. The van der Waals surface area contributed by atoms with Crippen molar-refractivity contribution < 1.29 is 0 Å². The highest BCUT2D eigenvalue weighted by Gasteiger charge is 2.15. The van der Waals surface area contributed by atoms with E-state index in [0.29, 0.717) is 11.5 Å².